The van der Waals surface area contributed by atoms with Gasteiger partial charge in [0.25, 0.3) is 5.91 Å². The largest absolute Gasteiger partial charge is 0.497 e. The Balaban J connectivity index is 1.71. The molecule has 150 valence electrons. The molecule has 1 aliphatic heterocycles. The van der Waals surface area contributed by atoms with E-state index in [1.807, 2.05) is 24.3 Å². The minimum Gasteiger partial charge on any atom is -0.497 e. The average molecular weight is 429 g/mol. The molecule has 1 heterocycles. The Hall–Kier alpha value is -2.84. The van der Waals surface area contributed by atoms with Crippen LogP contribution in [0.2, 0.25) is 0 Å². The predicted molar refractivity (Wildman–Crippen MR) is 119 cm³/mol. The summed E-state index contributed by atoms with van der Waals surface area (Å²) in [5.41, 5.74) is 1.46. The highest BCUT2D eigenvalue weighted by atomic mass is 32.2. The van der Waals surface area contributed by atoms with Crippen LogP contribution in [-0.2, 0) is 9.59 Å². The first-order chi connectivity index (χ1) is 13.9. The number of nitrogens with zero attached hydrogens (tertiary/aromatic N) is 1. The van der Waals surface area contributed by atoms with E-state index in [0.29, 0.717) is 20.7 Å². The smallest absolute Gasteiger partial charge is 0.266 e. The number of nitrogens with one attached hydrogen (secondary N) is 1. The van der Waals surface area contributed by atoms with Crippen molar-refractivity contribution in [3.05, 3.63) is 59.0 Å². The summed E-state index contributed by atoms with van der Waals surface area (Å²) in [4.78, 5) is 27.3. The Morgan fingerprint density at radius 3 is 2.17 bits per heavy atom. The van der Waals surface area contributed by atoms with Crippen molar-refractivity contribution < 1.29 is 19.1 Å². The number of anilines is 1. The van der Waals surface area contributed by atoms with Crippen molar-refractivity contribution in [3.8, 4) is 11.5 Å². The molecule has 0 spiro atoms. The van der Waals surface area contributed by atoms with Gasteiger partial charge in [-0.1, -0.05) is 36.1 Å². The molecule has 2 aromatic rings. The van der Waals surface area contributed by atoms with Gasteiger partial charge in [-0.05, 0) is 55.0 Å². The summed E-state index contributed by atoms with van der Waals surface area (Å²) in [5.74, 6) is 0.820. The number of thiocarbonyl (C=S) groups is 1. The molecular formula is C21H20N2O4S2. The fourth-order valence-electron chi connectivity index (χ4n) is 2.70. The van der Waals surface area contributed by atoms with Gasteiger partial charge in [-0.25, -0.2) is 0 Å². The minimum absolute atomic E-state index is 0.284. The zero-order valence-electron chi connectivity index (χ0n) is 16.2. The van der Waals surface area contributed by atoms with E-state index in [0.717, 1.165) is 11.3 Å². The number of ether oxygens (including phenoxy) is 2. The van der Waals surface area contributed by atoms with E-state index in [1.165, 1.54) is 16.7 Å². The SMILES string of the molecule is COc1ccc(/C=C2\SC(=S)N(C(C)C(=O)Nc3ccc(OC)cc3)C2=O)cc1. The number of rotatable bonds is 6. The van der Waals surface area contributed by atoms with Crippen LogP contribution in [0.15, 0.2) is 53.4 Å². The predicted octanol–water partition coefficient (Wildman–Crippen LogP) is 3.93. The fourth-order valence-corrected chi connectivity index (χ4v) is 4.12. The zero-order valence-corrected chi connectivity index (χ0v) is 17.8. The molecule has 6 nitrogen and oxygen atoms in total. The van der Waals surface area contributed by atoms with Crippen LogP contribution in [-0.4, -0.2) is 41.3 Å². The monoisotopic (exact) mass is 428 g/mol. The molecule has 1 N–H and O–H groups in total. The third-order valence-electron chi connectivity index (χ3n) is 4.36. The molecule has 0 saturated carbocycles. The van der Waals surface area contributed by atoms with Crippen LogP contribution in [0, 0.1) is 0 Å². The van der Waals surface area contributed by atoms with Crippen molar-refractivity contribution in [1.82, 2.24) is 4.90 Å². The second kappa shape index (κ2) is 9.11. The molecule has 29 heavy (non-hydrogen) atoms. The first-order valence-electron chi connectivity index (χ1n) is 8.79. The van der Waals surface area contributed by atoms with Gasteiger partial charge < -0.3 is 14.8 Å². The molecule has 1 unspecified atom stereocenters. The van der Waals surface area contributed by atoms with E-state index >= 15 is 0 Å². The van der Waals surface area contributed by atoms with Crippen LogP contribution >= 0.6 is 24.0 Å². The maximum Gasteiger partial charge on any atom is 0.266 e. The van der Waals surface area contributed by atoms with Gasteiger partial charge >= 0.3 is 0 Å². The molecule has 0 aliphatic carbocycles. The summed E-state index contributed by atoms with van der Waals surface area (Å²) >= 11 is 6.54. The van der Waals surface area contributed by atoms with Gasteiger partial charge in [0.15, 0.2) is 0 Å². The molecule has 1 fully saturated rings. The van der Waals surface area contributed by atoms with Gasteiger partial charge in [0, 0.05) is 5.69 Å². The molecular weight excluding hydrogens is 408 g/mol. The number of carbonyl (C=O) groups excluding carboxylic acids is 2. The van der Waals surface area contributed by atoms with E-state index in [1.54, 1.807) is 51.5 Å². The van der Waals surface area contributed by atoms with Crippen molar-refractivity contribution in [3.63, 3.8) is 0 Å². The third kappa shape index (κ3) is 4.78. The van der Waals surface area contributed by atoms with Crippen molar-refractivity contribution in [2.75, 3.05) is 19.5 Å². The highest BCUT2D eigenvalue weighted by Crippen LogP contribution is 2.34. The highest BCUT2D eigenvalue weighted by Gasteiger charge is 2.38. The second-order valence-electron chi connectivity index (χ2n) is 6.22. The van der Waals surface area contributed by atoms with Crippen molar-refractivity contribution in [2.24, 2.45) is 0 Å². The maximum atomic E-state index is 12.9. The van der Waals surface area contributed by atoms with Crippen molar-refractivity contribution in [1.29, 1.82) is 0 Å². The van der Waals surface area contributed by atoms with E-state index in [-0.39, 0.29) is 11.8 Å². The van der Waals surface area contributed by atoms with Crippen LogP contribution in [0.25, 0.3) is 6.08 Å². The Labute approximate surface area is 178 Å². The number of thioether (sulfide) groups is 1. The lowest BCUT2D eigenvalue weighted by Gasteiger charge is -2.22. The van der Waals surface area contributed by atoms with Crippen LogP contribution in [0.1, 0.15) is 12.5 Å². The average Bonchev–Trinajstić information content (AvgIpc) is 3.01. The number of amides is 2. The van der Waals surface area contributed by atoms with E-state index < -0.39 is 6.04 Å². The van der Waals surface area contributed by atoms with E-state index in [9.17, 15) is 9.59 Å². The van der Waals surface area contributed by atoms with Gasteiger partial charge in [0.1, 0.15) is 21.9 Å². The lowest BCUT2D eigenvalue weighted by molar-refractivity contribution is -0.129. The molecule has 2 aromatic carbocycles. The van der Waals surface area contributed by atoms with Crippen LogP contribution in [0.5, 0.6) is 11.5 Å². The normalized spacial score (nSPS) is 16.1. The Morgan fingerprint density at radius 2 is 1.62 bits per heavy atom. The van der Waals surface area contributed by atoms with Gasteiger partial charge in [-0.15, -0.1) is 0 Å². The van der Waals surface area contributed by atoms with Gasteiger partial charge in [0.2, 0.25) is 5.91 Å². The quantitative estimate of drug-likeness (QED) is 0.555. The molecule has 1 saturated heterocycles. The van der Waals surface area contributed by atoms with Gasteiger partial charge in [0.05, 0.1) is 19.1 Å². The zero-order chi connectivity index (χ0) is 21.0. The fraction of sp³-hybridized carbons (Fsp3) is 0.190. The van der Waals surface area contributed by atoms with E-state index in [2.05, 4.69) is 5.32 Å². The molecule has 2 amide bonds. The number of hydrogen-bond donors (Lipinski definition) is 1. The minimum atomic E-state index is -0.744. The van der Waals surface area contributed by atoms with Gasteiger partial charge in [-0.2, -0.15) is 0 Å². The summed E-state index contributed by atoms with van der Waals surface area (Å²) in [5, 5.41) is 2.80. The molecule has 0 bridgehead atoms. The molecule has 0 aromatic heterocycles. The molecule has 1 atom stereocenters. The molecule has 8 heteroatoms. The number of carbonyl (C=O) groups is 2. The molecule has 3 rings (SSSR count). The van der Waals surface area contributed by atoms with Crippen molar-refractivity contribution >= 4 is 51.9 Å². The van der Waals surface area contributed by atoms with Crippen LogP contribution in [0.3, 0.4) is 0 Å². The second-order valence-corrected chi connectivity index (χ2v) is 7.89. The Kier molecular flexibility index (Phi) is 6.56. The topological polar surface area (TPSA) is 67.9 Å². The lowest BCUT2D eigenvalue weighted by atomic mass is 10.2. The number of hydrogen-bond acceptors (Lipinski definition) is 6. The number of methoxy groups -OCH3 is 2. The van der Waals surface area contributed by atoms with E-state index in [4.69, 9.17) is 21.7 Å². The summed E-state index contributed by atoms with van der Waals surface area (Å²) in [6, 6.07) is 13.6. The summed E-state index contributed by atoms with van der Waals surface area (Å²) in [7, 11) is 3.17. The third-order valence-corrected chi connectivity index (χ3v) is 5.69. The van der Waals surface area contributed by atoms with Crippen LogP contribution < -0.4 is 14.8 Å². The number of benzene rings is 2. The first kappa shape index (κ1) is 20.9. The first-order valence-corrected chi connectivity index (χ1v) is 10.0. The summed E-state index contributed by atoms with van der Waals surface area (Å²) < 4.78 is 10.6. The van der Waals surface area contributed by atoms with Crippen LogP contribution in [0.4, 0.5) is 5.69 Å². The maximum absolute atomic E-state index is 12.9. The summed E-state index contributed by atoms with van der Waals surface area (Å²) in [6.07, 6.45) is 1.76. The molecule has 1 aliphatic rings. The molecule has 0 radical (unpaired) electrons. The Bertz CT molecular complexity index is 956. The Morgan fingerprint density at radius 1 is 1.07 bits per heavy atom. The lowest BCUT2D eigenvalue weighted by Crippen LogP contribution is -2.44. The summed E-state index contributed by atoms with van der Waals surface area (Å²) in [6.45, 7) is 1.65. The van der Waals surface area contributed by atoms with Crippen molar-refractivity contribution in [2.45, 2.75) is 13.0 Å². The highest BCUT2D eigenvalue weighted by molar-refractivity contribution is 8.26. The standard InChI is InChI=1S/C21H20N2O4S2/c1-13(19(24)22-15-6-10-17(27-3)11-7-15)23-20(25)18(29-21(23)28)12-14-4-8-16(26-2)9-5-14/h4-13H,1-3H3,(H,22,24)/b18-12-. The van der Waals surface area contributed by atoms with Gasteiger partial charge in [-0.3, -0.25) is 14.5 Å².